The number of ether oxygens (including phenoxy) is 1. The fraction of sp³-hybridized carbons (Fsp3) is 0.300. The van der Waals surface area contributed by atoms with Crippen molar-refractivity contribution >= 4 is 5.91 Å². The standard InChI is InChI=1S/C20H20F3N5O2/c21-20(22,23)16-8-4-9-17(14-16)30-13-11-24-18(29)10-5-12-28-26-19(25-27-28)15-6-2-1-3-7-15/h1-4,6-9,14H,5,10-13H2,(H,24,29). The third-order valence-electron chi connectivity index (χ3n) is 4.10. The summed E-state index contributed by atoms with van der Waals surface area (Å²) < 4.78 is 43.3. The molecule has 0 fully saturated rings. The lowest BCUT2D eigenvalue weighted by atomic mass is 10.2. The van der Waals surface area contributed by atoms with E-state index in [1.807, 2.05) is 30.3 Å². The number of carbonyl (C=O) groups excluding carboxylic acids is 1. The van der Waals surface area contributed by atoms with Crippen LogP contribution >= 0.6 is 0 Å². The largest absolute Gasteiger partial charge is 0.492 e. The second-order valence-corrected chi connectivity index (χ2v) is 6.40. The second kappa shape index (κ2) is 9.86. The van der Waals surface area contributed by atoms with Crippen molar-refractivity contribution in [3.63, 3.8) is 0 Å². The number of carbonyl (C=O) groups is 1. The summed E-state index contributed by atoms with van der Waals surface area (Å²) in [6.45, 7) is 0.695. The van der Waals surface area contributed by atoms with Gasteiger partial charge in [-0.25, -0.2) is 0 Å². The Morgan fingerprint density at radius 2 is 1.90 bits per heavy atom. The average Bonchev–Trinajstić information content (AvgIpc) is 3.20. The minimum absolute atomic E-state index is 0.0676. The SMILES string of the molecule is O=C(CCCn1nnc(-c2ccccc2)n1)NCCOc1cccc(C(F)(F)F)c1. The van der Waals surface area contributed by atoms with Crippen LogP contribution in [-0.4, -0.2) is 39.3 Å². The first-order valence-electron chi connectivity index (χ1n) is 9.32. The first-order valence-corrected chi connectivity index (χ1v) is 9.32. The molecule has 0 saturated heterocycles. The number of nitrogens with one attached hydrogen (secondary N) is 1. The third-order valence-corrected chi connectivity index (χ3v) is 4.10. The molecule has 0 radical (unpaired) electrons. The number of benzene rings is 2. The van der Waals surface area contributed by atoms with Crippen LogP contribution in [0, 0.1) is 0 Å². The summed E-state index contributed by atoms with van der Waals surface area (Å²) in [6.07, 6.45) is -3.65. The summed E-state index contributed by atoms with van der Waals surface area (Å²) >= 11 is 0. The highest BCUT2D eigenvalue weighted by molar-refractivity contribution is 5.75. The van der Waals surface area contributed by atoms with Gasteiger partial charge in [0.25, 0.3) is 0 Å². The van der Waals surface area contributed by atoms with E-state index < -0.39 is 11.7 Å². The second-order valence-electron chi connectivity index (χ2n) is 6.40. The minimum atomic E-state index is -4.42. The maximum atomic E-state index is 12.7. The Morgan fingerprint density at radius 3 is 2.67 bits per heavy atom. The number of hydrogen-bond donors (Lipinski definition) is 1. The van der Waals surface area contributed by atoms with Crippen LogP contribution in [0.1, 0.15) is 18.4 Å². The van der Waals surface area contributed by atoms with Crippen molar-refractivity contribution in [1.82, 2.24) is 25.5 Å². The summed E-state index contributed by atoms with van der Waals surface area (Å²) in [4.78, 5) is 13.3. The molecule has 1 heterocycles. The quantitative estimate of drug-likeness (QED) is 0.538. The van der Waals surface area contributed by atoms with Gasteiger partial charge >= 0.3 is 6.18 Å². The molecule has 30 heavy (non-hydrogen) atoms. The zero-order valence-electron chi connectivity index (χ0n) is 16.0. The van der Waals surface area contributed by atoms with Crippen LogP contribution in [-0.2, 0) is 17.5 Å². The van der Waals surface area contributed by atoms with Crippen molar-refractivity contribution < 1.29 is 22.7 Å². The number of amides is 1. The van der Waals surface area contributed by atoms with Gasteiger partial charge in [-0.15, -0.1) is 10.2 Å². The van der Waals surface area contributed by atoms with E-state index in [-0.39, 0.29) is 31.2 Å². The van der Waals surface area contributed by atoms with Crippen molar-refractivity contribution in [2.75, 3.05) is 13.2 Å². The fourth-order valence-corrected chi connectivity index (χ4v) is 2.63. The highest BCUT2D eigenvalue weighted by Crippen LogP contribution is 2.31. The number of hydrogen-bond acceptors (Lipinski definition) is 5. The zero-order valence-corrected chi connectivity index (χ0v) is 16.0. The Hall–Kier alpha value is -3.43. The van der Waals surface area contributed by atoms with Gasteiger partial charge in [0.1, 0.15) is 12.4 Å². The maximum absolute atomic E-state index is 12.7. The maximum Gasteiger partial charge on any atom is 0.416 e. The molecule has 2 aromatic carbocycles. The fourth-order valence-electron chi connectivity index (χ4n) is 2.63. The third kappa shape index (κ3) is 6.29. The van der Waals surface area contributed by atoms with Gasteiger partial charge in [0, 0.05) is 12.0 Å². The number of aromatic nitrogens is 4. The van der Waals surface area contributed by atoms with Crippen molar-refractivity contribution in [3.05, 3.63) is 60.2 Å². The minimum Gasteiger partial charge on any atom is -0.492 e. The topological polar surface area (TPSA) is 81.9 Å². The van der Waals surface area contributed by atoms with Gasteiger partial charge in [-0.1, -0.05) is 36.4 Å². The molecule has 0 saturated carbocycles. The smallest absolute Gasteiger partial charge is 0.416 e. The molecule has 0 aliphatic carbocycles. The molecule has 1 N–H and O–H groups in total. The molecular formula is C20H20F3N5O2. The predicted molar refractivity (Wildman–Crippen MR) is 102 cm³/mol. The number of aryl methyl sites for hydroxylation is 1. The molecule has 10 heteroatoms. The van der Waals surface area contributed by atoms with E-state index in [0.717, 1.165) is 17.7 Å². The molecule has 0 aliphatic heterocycles. The lowest BCUT2D eigenvalue weighted by Crippen LogP contribution is -2.28. The van der Waals surface area contributed by atoms with Crippen LogP contribution in [0.15, 0.2) is 54.6 Å². The monoisotopic (exact) mass is 419 g/mol. The first kappa shape index (κ1) is 21.3. The summed E-state index contributed by atoms with van der Waals surface area (Å²) in [6, 6.07) is 14.1. The number of alkyl halides is 3. The van der Waals surface area contributed by atoms with Crippen LogP contribution in [0.3, 0.4) is 0 Å². The molecule has 0 atom stereocenters. The van der Waals surface area contributed by atoms with E-state index in [2.05, 4.69) is 20.7 Å². The van der Waals surface area contributed by atoms with Crippen molar-refractivity contribution in [2.45, 2.75) is 25.6 Å². The molecule has 3 rings (SSSR count). The van der Waals surface area contributed by atoms with Crippen molar-refractivity contribution in [3.8, 4) is 17.1 Å². The van der Waals surface area contributed by atoms with Crippen molar-refractivity contribution in [2.24, 2.45) is 0 Å². The van der Waals surface area contributed by atoms with Crippen LogP contribution in [0.4, 0.5) is 13.2 Å². The zero-order chi connectivity index (χ0) is 21.4. The number of halogens is 3. The van der Waals surface area contributed by atoms with E-state index in [1.54, 1.807) is 0 Å². The van der Waals surface area contributed by atoms with Gasteiger partial charge in [0.05, 0.1) is 18.7 Å². The number of nitrogens with zero attached hydrogens (tertiary/aromatic N) is 4. The molecule has 3 aromatic rings. The van der Waals surface area contributed by atoms with Gasteiger partial charge < -0.3 is 10.1 Å². The first-order chi connectivity index (χ1) is 14.4. The molecule has 0 spiro atoms. The van der Waals surface area contributed by atoms with Gasteiger partial charge in [-0.05, 0) is 29.8 Å². The van der Waals surface area contributed by atoms with E-state index in [9.17, 15) is 18.0 Å². The molecule has 1 amide bonds. The Morgan fingerprint density at radius 1 is 1.10 bits per heavy atom. The van der Waals surface area contributed by atoms with E-state index >= 15 is 0 Å². The Kier molecular flexibility index (Phi) is 6.99. The van der Waals surface area contributed by atoms with Gasteiger partial charge in [-0.3, -0.25) is 4.79 Å². The highest BCUT2D eigenvalue weighted by Gasteiger charge is 2.30. The molecule has 1 aromatic heterocycles. The normalized spacial score (nSPS) is 11.3. The van der Waals surface area contributed by atoms with Crippen LogP contribution in [0.25, 0.3) is 11.4 Å². The molecule has 0 bridgehead atoms. The summed E-state index contributed by atoms with van der Waals surface area (Å²) in [7, 11) is 0. The summed E-state index contributed by atoms with van der Waals surface area (Å²) in [5, 5.41) is 14.9. The lowest BCUT2D eigenvalue weighted by Gasteiger charge is -2.10. The number of rotatable bonds is 9. The lowest BCUT2D eigenvalue weighted by molar-refractivity contribution is -0.137. The average molecular weight is 419 g/mol. The number of tetrazole rings is 1. The van der Waals surface area contributed by atoms with Crippen LogP contribution < -0.4 is 10.1 Å². The van der Waals surface area contributed by atoms with Gasteiger partial charge in [0.15, 0.2) is 0 Å². The molecule has 7 nitrogen and oxygen atoms in total. The van der Waals surface area contributed by atoms with Crippen molar-refractivity contribution in [1.29, 1.82) is 0 Å². The van der Waals surface area contributed by atoms with E-state index in [4.69, 9.17) is 4.74 Å². The Balaban J connectivity index is 1.34. The van der Waals surface area contributed by atoms with E-state index in [0.29, 0.717) is 18.8 Å². The summed E-state index contributed by atoms with van der Waals surface area (Å²) in [5.74, 6) is 0.434. The molecule has 0 unspecified atom stereocenters. The molecule has 158 valence electrons. The molecular weight excluding hydrogens is 399 g/mol. The molecule has 0 aliphatic rings. The summed E-state index contributed by atoms with van der Waals surface area (Å²) in [5.41, 5.74) is 0.0865. The van der Waals surface area contributed by atoms with Gasteiger partial charge in [-0.2, -0.15) is 18.0 Å². The highest BCUT2D eigenvalue weighted by atomic mass is 19.4. The van der Waals surface area contributed by atoms with E-state index in [1.165, 1.54) is 16.9 Å². The van der Waals surface area contributed by atoms with Crippen LogP contribution in [0.5, 0.6) is 5.75 Å². The Labute approximate surface area is 170 Å². The van der Waals surface area contributed by atoms with Gasteiger partial charge in [0.2, 0.25) is 11.7 Å². The Bertz CT molecular complexity index is 960. The van der Waals surface area contributed by atoms with Crippen LogP contribution in [0.2, 0.25) is 0 Å². The predicted octanol–water partition coefficient (Wildman–Crippen LogP) is 3.33.